The van der Waals surface area contributed by atoms with Crippen molar-refractivity contribution in [2.45, 2.75) is 63.5 Å². The number of nitrogens with zero attached hydrogens (tertiary/aromatic N) is 3. The molecule has 3 aliphatic rings. The fourth-order valence-corrected chi connectivity index (χ4v) is 5.06. The maximum atomic E-state index is 13.2. The summed E-state index contributed by atoms with van der Waals surface area (Å²) in [6.45, 7) is 0. The van der Waals surface area contributed by atoms with Gasteiger partial charge in [0.15, 0.2) is 0 Å². The van der Waals surface area contributed by atoms with E-state index in [1.54, 1.807) is 4.90 Å². The molecule has 4 atom stereocenters. The number of carboxylic acids is 1. The Morgan fingerprint density at radius 2 is 2.04 bits per heavy atom. The number of hydrogen-bond donors (Lipinski definition) is 1. The second-order valence-corrected chi connectivity index (χ2v) is 7.63. The molecule has 1 aromatic rings. The molecule has 1 amide bonds. The Kier molecular flexibility index (Phi) is 3.85. The lowest BCUT2D eigenvalue weighted by Crippen LogP contribution is -2.49. The Bertz CT molecular complexity index is 668. The number of carboxylic acid groups (broad SMARTS) is 1. The lowest BCUT2D eigenvalue weighted by molar-refractivity contribution is -0.152. The molecule has 6 nitrogen and oxygen atoms in total. The fraction of sp³-hybridized carbons (Fsp3) is 0.722. The first-order valence-corrected chi connectivity index (χ1v) is 9.11. The summed E-state index contributed by atoms with van der Waals surface area (Å²) in [5.41, 5.74) is 2.36. The van der Waals surface area contributed by atoms with E-state index >= 15 is 0 Å². The van der Waals surface area contributed by atoms with Crippen molar-refractivity contribution in [3.8, 4) is 0 Å². The third kappa shape index (κ3) is 2.43. The number of fused-ring (bicyclic) bond motifs is 2. The molecule has 1 saturated heterocycles. The lowest BCUT2D eigenvalue weighted by atomic mass is 9.83. The average Bonchev–Trinajstić information content (AvgIpc) is 3.15. The summed E-state index contributed by atoms with van der Waals surface area (Å²) in [6.07, 6.45) is 9.17. The van der Waals surface area contributed by atoms with Crippen molar-refractivity contribution in [3.05, 3.63) is 17.5 Å². The van der Waals surface area contributed by atoms with E-state index in [1.807, 2.05) is 17.9 Å². The maximum absolute atomic E-state index is 13.2. The van der Waals surface area contributed by atoms with Crippen LogP contribution in [0, 0.1) is 11.8 Å². The largest absolute Gasteiger partial charge is 0.480 e. The molecule has 0 aromatic carbocycles. The van der Waals surface area contributed by atoms with Crippen LogP contribution in [0.25, 0.3) is 0 Å². The van der Waals surface area contributed by atoms with Gasteiger partial charge in [-0.1, -0.05) is 12.8 Å². The molecule has 1 aromatic heterocycles. The number of amides is 1. The normalized spacial score (nSPS) is 32.3. The zero-order valence-corrected chi connectivity index (χ0v) is 14.1. The highest BCUT2D eigenvalue weighted by atomic mass is 16.4. The maximum Gasteiger partial charge on any atom is 0.326 e. The topological polar surface area (TPSA) is 75.4 Å². The highest BCUT2D eigenvalue weighted by Gasteiger charge is 2.49. The van der Waals surface area contributed by atoms with E-state index in [4.69, 9.17) is 0 Å². The highest BCUT2D eigenvalue weighted by molar-refractivity contribution is 5.86. The van der Waals surface area contributed by atoms with Crippen LogP contribution in [0.3, 0.4) is 0 Å². The summed E-state index contributed by atoms with van der Waals surface area (Å²) in [5.74, 6) is -0.506. The molecule has 4 unspecified atom stereocenters. The monoisotopic (exact) mass is 331 g/mol. The number of carbonyl (C=O) groups excluding carboxylic acids is 1. The summed E-state index contributed by atoms with van der Waals surface area (Å²) < 4.78 is 1.86. The predicted octanol–water partition coefficient (Wildman–Crippen LogP) is 1.77. The Morgan fingerprint density at radius 3 is 2.83 bits per heavy atom. The van der Waals surface area contributed by atoms with Gasteiger partial charge in [0.2, 0.25) is 5.91 Å². The lowest BCUT2D eigenvalue weighted by Gasteiger charge is -2.36. The smallest absolute Gasteiger partial charge is 0.326 e. The third-order valence-electron chi connectivity index (χ3n) is 6.33. The molecule has 6 heteroatoms. The van der Waals surface area contributed by atoms with Gasteiger partial charge in [0.25, 0.3) is 0 Å². The minimum Gasteiger partial charge on any atom is -0.480 e. The molecule has 24 heavy (non-hydrogen) atoms. The summed E-state index contributed by atoms with van der Waals surface area (Å²) in [7, 11) is 1.92. The number of aromatic nitrogens is 2. The van der Waals surface area contributed by atoms with Crippen LogP contribution >= 0.6 is 0 Å². The average molecular weight is 331 g/mol. The molecule has 0 spiro atoms. The second kappa shape index (κ2) is 5.90. The van der Waals surface area contributed by atoms with Gasteiger partial charge in [-0.25, -0.2) is 4.79 Å². The van der Waals surface area contributed by atoms with Crippen molar-refractivity contribution in [3.63, 3.8) is 0 Å². The Balaban J connectivity index is 1.58. The van der Waals surface area contributed by atoms with Gasteiger partial charge in [0.05, 0.1) is 6.20 Å². The van der Waals surface area contributed by atoms with E-state index in [-0.39, 0.29) is 17.9 Å². The number of hydrogen-bond acceptors (Lipinski definition) is 3. The first-order valence-electron chi connectivity index (χ1n) is 9.11. The van der Waals surface area contributed by atoms with Crippen LogP contribution in [0.2, 0.25) is 0 Å². The molecule has 2 heterocycles. The number of likely N-dealkylation sites (tertiary alicyclic amines) is 1. The van der Waals surface area contributed by atoms with Crippen LogP contribution in [0.4, 0.5) is 0 Å². The highest BCUT2D eigenvalue weighted by Crippen LogP contribution is 2.41. The van der Waals surface area contributed by atoms with Gasteiger partial charge in [0.1, 0.15) is 6.04 Å². The molecule has 4 rings (SSSR count). The van der Waals surface area contributed by atoms with Crippen molar-refractivity contribution in [2.24, 2.45) is 18.9 Å². The van der Waals surface area contributed by atoms with Gasteiger partial charge in [-0.3, -0.25) is 9.48 Å². The van der Waals surface area contributed by atoms with Gasteiger partial charge >= 0.3 is 5.97 Å². The predicted molar refractivity (Wildman–Crippen MR) is 87.4 cm³/mol. The zero-order valence-electron chi connectivity index (χ0n) is 14.1. The molecule has 130 valence electrons. The van der Waals surface area contributed by atoms with Crippen LogP contribution in [0.1, 0.15) is 49.8 Å². The molecule has 0 radical (unpaired) electrons. The Hall–Kier alpha value is -1.85. The summed E-state index contributed by atoms with van der Waals surface area (Å²) in [4.78, 5) is 26.8. The van der Waals surface area contributed by atoms with Gasteiger partial charge in [-0.2, -0.15) is 5.10 Å². The number of rotatable bonds is 2. The minimum atomic E-state index is -0.838. The van der Waals surface area contributed by atoms with Gasteiger partial charge < -0.3 is 10.0 Å². The summed E-state index contributed by atoms with van der Waals surface area (Å²) >= 11 is 0. The van der Waals surface area contributed by atoms with Crippen LogP contribution in [-0.4, -0.2) is 43.7 Å². The van der Waals surface area contributed by atoms with Crippen molar-refractivity contribution < 1.29 is 14.7 Å². The molecular formula is C18H25N3O3. The van der Waals surface area contributed by atoms with Gasteiger partial charge in [0, 0.05) is 31.1 Å². The van der Waals surface area contributed by atoms with Crippen molar-refractivity contribution in [1.82, 2.24) is 14.7 Å². The summed E-state index contributed by atoms with van der Waals surface area (Å²) in [5, 5.41) is 13.9. The van der Waals surface area contributed by atoms with Crippen LogP contribution in [0.5, 0.6) is 0 Å². The SMILES string of the molecule is Cn1ncc2c1CC(C(=O)N1C(C(=O)O)CC3CCCCC31)CC2. The molecule has 1 aliphatic heterocycles. The minimum absolute atomic E-state index is 0.0589. The number of aliphatic carboxylic acids is 1. The molecule has 2 fully saturated rings. The van der Waals surface area contributed by atoms with Crippen molar-refractivity contribution in [1.29, 1.82) is 0 Å². The first-order chi connectivity index (χ1) is 11.6. The fourth-order valence-electron chi connectivity index (χ4n) is 5.06. The standard InChI is InChI=1S/C18H25N3O3/c1-20-15-9-12(6-7-13(15)10-19-20)17(22)21-14-5-3-2-4-11(14)8-16(21)18(23)24/h10-12,14,16H,2-9H2,1H3,(H,23,24). The van der Waals surface area contributed by atoms with Crippen LogP contribution < -0.4 is 0 Å². The van der Waals surface area contributed by atoms with Gasteiger partial charge in [-0.05, 0) is 43.6 Å². The number of aryl methyl sites for hydroxylation is 2. The van der Waals surface area contributed by atoms with E-state index in [1.165, 1.54) is 5.56 Å². The van der Waals surface area contributed by atoms with Crippen molar-refractivity contribution >= 4 is 11.9 Å². The molecule has 1 saturated carbocycles. The molecule has 2 aliphatic carbocycles. The first kappa shape index (κ1) is 15.7. The van der Waals surface area contributed by atoms with Crippen molar-refractivity contribution in [2.75, 3.05) is 0 Å². The van der Waals surface area contributed by atoms with E-state index < -0.39 is 12.0 Å². The van der Waals surface area contributed by atoms with Crippen LogP contribution in [0.15, 0.2) is 6.20 Å². The van der Waals surface area contributed by atoms with E-state index in [2.05, 4.69) is 5.10 Å². The van der Waals surface area contributed by atoms with Gasteiger partial charge in [-0.15, -0.1) is 0 Å². The van der Waals surface area contributed by atoms with E-state index in [0.29, 0.717) is 18.8 Å². The Morgan fingerprint density at radius 1 is 1.25 bits per heavy atom. The molecule has 1 N–H and O–H groups in total. The third-order valence-corrected chi connectivity index (χ3v) is 6.33. The summed E-state index contributed by atoms with van der Waals surface area (Å²) in [6, 6.07) is -0.487. The van der Waals surface area contributed by atoms with E-state index in [0.717, 1.165) is 44.2 Å². The quantitative estimate of drug-likeness (QED) is 0.896. The molecular weight excluding hydrogens is 306 g/mol. The van der Waals surface area contributed by atoms with Crippen LogP contribution in [-0.2, 0) is 29.5 Å². The Labute approximate surface area is 141 Å². The number of carbonyl (C=O) groups is 2. The van der Waals surface area contributed by atoms with E-state index in [9.17, 15) is 14.7 Å². The zero-order chi connectivity index (χ0) is 16.8. The molecule has 0 bridgehead atoms. The second-order valence-electron chi connectivity index (χ2n) is 7.63.